The summed E-state index contributed by atoms with van der Waals surface area (Å²) in [4.78, 5) is 0. The lowest BCUT2D eigenvalue weighted by atomic mass is 10.1. The normalized spacial score (nSPS) is 10.3. The summed E-state index contributed by atoms with van der Waals surface area (Å²) in [5.74, 6) is 2.01. The van der Waals surface area contributed by atoms with Gasteiger partial charge in [-0.2, -0.15) is 12.6 Å². The van der Waals surface area contributed by atoms with E-state index in [1.807, 2.05) is 30.3 Å². The zero-order chi connectivity index (χ0) is 11.5. The van der Waals surface area contributed by atoms with Crippen LogP contribution >= 0.6 is 12.6 Å². The molecule has 0 radical (unpaired) electrons. The molecule has 0 aliphatic heterocycles. The molecular formula is C14H22OS. The van der Waals surface area contributed by atoms with Crippen molar-refractivity contribution in [3.63, 3.8) is 0 Å². The molecule has 1 aromatic carbocycles. The second-order valence-electron chi connectivity index (χ2n) is 4.01. The highest BCUT2D eigenvalue weighted by atomic mass is 32.1. The van der Waals surface area contributed by atoms with Crippen LogP contribution in [0.3, 0.4) is 0 Å². The first kappa shape index (κ1) is 13.4. The van der Waals surface area contributed by atoms with Crippen LogP contribution < -0.4 is 4.74 Å². The molecule has 1 aromatic rings. The maximum Gasteiger partial charge on any atom is 0.119 e. The Morgan fingerprint density at radius 3 is 2.12 bits per heavy atom. The Labute approximate surface area is 105 Å². The van der Waals surface area contributed by atoms with Crippen LogP contribution in [-0.4, -0.2) is 12.4 Å². The average Bonchev–Trinajstić information content (AvgIpc) is 2.34. The standard InChI is InChI=1S/C14H22OS/c16-13-9-4-2-1-3-8-12-15-14-10-6-5-7-11-14/h5-7,10-11,16H,1-4,8-9,12-13H2. The lowest BCUT2D eigenvalue weighted by Crippen LogP contribution is -1.96. The first-order valence-electron chi connectivity index (χ1n) is 6.22. The fraction of sp³-hybridized carbons (Fsp3) is 0.571. The molecule has 1 nitrogen and oxygen atoms in total. The van der Waals surface area contributed by atoms with Gasteiger partial charge in [-0.1, -0.05) is 43.9 Å². The van der Waals surface area contributed by atoms with E-state index >= 15 is 0 Å². The van der Waals surface area contributed by atoms with Gasteiger partial charge < -0.3 is 4.74 Å². The molecule has 2 heteroatoms. The highest BCUT2D eigenvalue weighted by molar-refractivity contribution is 7.80. The molecule has 0 heterocycles. The minimum atomic E-state index is 0.844. The molecule has 0 spiro atoms. The van der Waals surface area contributed by atoms with E-state index in [9.17, 15) is 0 Å². The number of hydrogen-bond donors (Lipinski definition) is 1. The number of para-hydroxylation sites is 1. The van der Waals surface area contributed by atoms with Crippen LogP contribution in [0.4, 0.5) is 0 Å². The van der Waals surface area contributed by atoms with Crippen LogP contribution in [0.5, 0.6) is 5.75 Å². The third-order valence-corrected chi connectivity index (χ3v) is 2.88. The molecule has 0 N–H and O–H groups in total. The van der Waals surface area contributed by atoms with E-state index in [1.165, 1.54) is 32.1 Å². The Morgan fingerprint density at radius 2 is 1.44 bits per heavy atom. The van der Waals surface area contributed by atoms with Crippen molar-refractivity contribution in [2.45, 2.75) is 38.5 Å². The zero-order valence-corrected chi connectivity index (χ0v) is 10.8. The molecule has 0 atom stereocenters. The Bertz CT molecular complexity index is 248. The van der Waals surface area contributed by atoms with E-state index in [4.69, 9.17) is 4.74 Å². The highest BCUT2D eigenvalue weighted by Gasteiger charge is 1.93. The summed E-state index contributed by atoms with van der Waals surface area (Å²) in [6.07, 6.45) is 7.68. The first-order valence-corrected chi connectivity index (χ1v) is 6.85. The molecule has 0 saturated heterocycles. The van der Waals surface area contributed by atoms with Crippen molar-refractivity contribution in [1.29, 1.82) is 0 Å². The molecule has 0 fully saturated rings. The molecule has 0 bridgehead atoms. The van der Waals surface area contributed by atoms with E-state index in [-0.39, 0.29) is 0 Å². The van der Waals surface area contributed by atoms with E-state index in [1.54, 1.807) is 0 Å². The maximum absolute atomic E-state index is 5.62. The quantitative estimate of drug-likeness (QED) is 0.497. The molecule has 0 saturated carbocycles. The SMILES string of the molecule is SCCCCCCCCOc1ccccc1. The van der Waals surface area contributed by atoms with Gasteiger partial charge in [0.15, 0.2) is 0 Å². The Hall–Kier alpha value is -0.630. The smallest absolute Gasteiger partial charge is 0.119 e. The van der Waals surface area contributed by atoms with E-state index in [2.05, 4.69) is 12.6 Å². The predicted octanol–water partition coefficient (Wildman–Crippen LogP) is 4.34. The van der Waals surface area contributed by atoms with Crippen LogP contribution in [0, 0.1) is 0 Å². The molecule has 0 aliphatic rings. The molecule has 0 aliphatic carbocycles. The van der Waals surface area contributed by atoms with Crippen LogP contribution in [0.15, 0.2) is 30.3 Å². The highest BCUT2D eigenvalue weighted by Crippen LogP contribution is 2.10. The van der Waals surface area contributed by atoms with Gasteiger partial charge in [0.25, 0.3) is 0 Å². The van der Waals surface area contributed by atoms with E-state index in [0.29, 0.717) is 0 Å². The lowest BCUT2D eigenvalue weighted by Gasteiger charge is -2.05. The van der Waals surface area contributed by atoms with Crippen molar-refractivity contribution in [3.8, 4) is 5.75 Å². The second-order valence-corrected chi connectivity index (χ2v) is 4.45. The van der Waals surface area contributed by atoms with Gasteiger partial charge >= 0.3 is 0 Å². The lowest BCUT2D eigenvalue weighted by molar-refractivity contribution is 0.304. The van der Waals surface area contributed by atoms with Crippen molar-refractivity contribution < 1.29 is 4.74 Å². The Kier molecular flexibility index (Phi) is 8.05. The minimum absolute atomic E-state index is 0.844. The van der Waals surface area contributed by atoms with Crippen molar-refractivity contribution in [1.82, 2.24) is 0 Å². The fourth-order valence-corrected chi connectivity index (χ4v) is 1.85. The summed E-state index contributed by atoms with van der Waals surface area (Å²) in [5, 5.41) is 0. The summed E-state index contributed by atoms with van der Waals surface area (Å²) >= 11 is 4.20. The van der Waals surface area contributed by atoms with Gasteiger partial charge in [-0.3, -0.25) is 0 Å². The number of rotatable bonds is 9. The summed E-state index contributed by atoms with van der Waals surface area (Å²) in [6.45, 7) is 0.844. The van der Waals surface area contributed by atoms with Crippen molar-refractivity contribution in [2.24, 2.45) is 0 Å². The molecular weight excluding hydrogens is 216 g/mol. The van der Waals surface area contributed by atoms with E-state index < -0.39 is 0 Å². The zero-order valence-electron chi connectivity index (χ0n) is 9.90. The van der Waals surface area contributed by atoms with Gasteiger partial charge in [-0.25, -0.2) is 0 Å². The summed E-state index contributed by atoms with van der Waals surface area (Å²) < 4.78 is 5.62. The van der Waals surface area contributed by atoms with Gasteiger partial charge in [0, 0.05) is 0 Å². The number of benzene rings is 1. The minimum Gasteiger partial charge on any atom is -0.494 e. The van der Waals surface area contributed by atoms with Crippen LogP contribution in [0.2, 0.25) is 0 Å². The van der Waals surface area contributed by atoms with Gasteiger partial charge in [0.2, 0.25) is 0 Å². The number of unbranched alkanes of at least 4 members (excludes halogenated alkanes) is 5. The van der Waals surface area contributed by atoms with Crippen LogP contribution in [0.25, 0.3) is 0 Å². The molecule has 1 rings (SSSR count). The van der Waals surface area contributed by atoms with Crippen molar-refractivity contribution >= 4 is 12.6 Å². The van der Waals surface area contributed by atoms with Crippen LogP contribution in [-0.2, 0) is 0 Å². The topological polar surface area (TPSA) is 9.23 Å². The van der Waals surface area contributed by atoms with Gasteiger partial charge in [0.05, 0.1) is 6.61 Å². The predicted molar refractivity (Wildman–Crippen MR) is 73.5 cm³/mol. The molecule has 0 amide bonds. The number of ether oxygens (including phenoxy) is 1. The monoisotopic (exact) mass is 238 g/mol. The Balaban J connectivity index is 1.89. The number of hydrogen-bond acceptors (Lipinski definition) is 2. The van der Waals surface area contributed by atoms with Crippen molar-refractivity contribution in [2.75, 3.05) is 12.4 Å². The third kappa shape index (κ3) is 6.78. The maximum atomic E-state index is 5.62. The average molecular weight is 238 g/mol. The Morgan fingerprint density at radius 1 is 0.812 bits per heavy atom. The second kappa shape index (κ2) is 9.59. The van der Waals surface area contributed by atoms with Gasteiger partial charge in [-0.15, -0.1) is 0 Å². The number of thiol groups is 1. The molecule has 90 valence electrons. The fourth-order valence-electron chi connectivity index (χ4n) is 1.63. The first-order chi connectivity index (χ1) is 7.93. The molecule has 0 aromatic heterocycles. The molecule has 0 unspecified atom stereocenters. The largest absolute Gasteiger partial charge is 0.494 e. The van der Waals surface area contributed by atoms with E-state index in [0.717, 1.165) is 24.5 Å². The van der Waals surface area contributed by atoms with Gasteiger partial charge in [0.1, 0.15) is 5.75 Å². The summed E-state index contributed by atoms with van der Waals surface area (Å²) in [5.41, 5.74) is 0. The summed E-state index contributed by atoms with van der Waals surface area (Å²) in [6, 6.07) is 10.0. The van der Waals surface area contributed by atoms with Crippen LogP contribution in [0.1, 0.15) is 38.5 Å². The van der Waals surface area contributed by atoms with Gasteiger partial charge in [-0.05, 0) is 30.7 Å². The summed E-state index contributed by atoms with van der Waals surface area (Å²) in [7, 11) is 0. The third-order valence-electron chi connectivity index (χ3n) is 2.56. The molecule has 16 heavy (non-hydrogen) atoms. The van der Waals surface area contributed by atoms with Crippen molar-refractivity contribution in [3.05, 3.63) is 30.3 Å².